The van der Waals surface area contributed by atoms with Gasteiger partial charge in [-0.05, 0) is 52.1 Å². The number of amides is 1. The fraction of sp³-hybridized carbons (Fsp3) is 0.941. The van der Waals surface area contributed by atoms with Gasteiger partial charge in [-0.3, -0.25) is 4.79 Å². The lowest BCUT2D eigenvalue weighted by atomic mass is 9.60. The van der Waals surface area contributed by atoms with Crippen LogP contribution < -0.4 is 10.6 Å². The lowest BCUT2D eigenvalue weighted by molar-refractivity contribution is -0.146. The summed E-state index contributed by atoms with van der Waals surface area (Å²) < 4.78 is 29.4. The predicted octanol–water partition coefficient (Wildman–Crippen LogP) is 1.01. The highest BCUT2D eigenvalue weighted by Crippen LogP contribution is 2.55. The molecule has 3 fully saturated rings. The van der Waals surface area contributed by atoms with E-state index in [-0.39, 0.29) is 23.5 Å². The van der Waals surface area contributed by atoms with Crippen molar-refractivity contribution in [1.82, 2.24) is 10.6 Å². The second-order valence-corrected chi connectivity index (χ2v) is 9.99. The smallest absolute Gasteiger partial charge is 0.241 e. The summed E-state index contributed by atoms with van der Waals surface area (Å²) in [4.78, 5) is 13.0. The molecule has 6 nitrogen and oxygen atoms in total. The van der Waals surface area contributed by atoms with E-state index in [1.807, 2.05) is 6.92 Å². The molecule has 2 atom stereocenters. The summed E-state index contributed by atoms with van der Waals surface area (Å²) in [6.45, 7) is 3.82. The molecule has 2 aliphatic carbocycles. The molecular formula is C17H30N2O4S. The highest BCUT2D eigenvalue weighted by atomic mass is 32.2. The van der Waals surface area contributed by atoms with Crippen molar-refractivity contribution in [2.45, 2.75) is 68.8 Å². The van der Waals surface area contributed by atoms with Crippen LogP contribution in [-0.2, 0) is 19.4 Å². The molecule has 2 saturated carbocycles. The lowest BCUT2D eigenvalue weighted by Gasteiger charge is -2.54. The molecule has 3 rings (SSSR count). The first-order chi connectivity index (χ1) is 11.4. The van der Waals surface area contributed by atoms with E-state index < -0.39 is 14.6 Å². The Labute approximate surface area is 145 Å². The standard InChI is InChI=1S/C17H30N2O4S/c1-3-23-14-12-13(16(14)6-4-5-7-16)19-15(20)17(24(2,21)22)8-10-18-11-9-17/h13-14,18H,3-12H2,1-2H3,(H,19,20). The first-order valence-corrected chi connectivity index (χ1v) is 11.1. The quantitative estimate of drug-likeness (QED) is 0.766. The Kier molecular flexibility index (Phi) is 4.97. The van der Waals surface area contributed by atoms with E-state index in [4.69, 9.17) is 4.74 Å². The Morgan fingerprint density at radius 3 is 2.38 bits per heavy atom. The molecule has 0 aromatic heterocycles. The van der Waals surface area contributed by atoms with E-state index in [2.05, 4.69) is 10.6 Å². The average molecular weight is 359 g/mol. The van der Waals surface area contributed by atoms with Gasteiger partial charge in [0.25, 0.3) is 0 Å². The number of nitrogens with one attached hydrogen (secondary N) is 2. The van der Waals surface area contributed by atoms with Gasteiger partial charge in [0.05, 0.1) is 6.10 Å². The van der Waals surface area contributed by atoms with E-state index in [9.17, 15) is 13.2 Å². The predicted molar refractivity (Wildman–Crippen MR) is 92.5 cm³/mol. The SMILES string of the molecule is CCOC1CC(NC(=O)C2(S(C)(=O)=O)CCNCC2)C12CCCC2. The third kappa shape index (κ3) is 2.78. The van der Waals surface area contributed by atoms with Crippen LogP contribution in [0.1, 0.15) is 51.9 Å². The number of rotatable bonds is 5. The van der Waals surface area contributed by atoms with Crippen molar-refractivity contribution in [3.05, 3.63) is 0 Å². The Morgan fingerprint density at radius 2 is 1.83 bits per heavy atom. The van der Waals surface area contributed by atoms with Gasteiger partial charge in [-0.25, -0.2) is 8.42 Å². The molecule has 3 aliphatic rings. The molecule has 0 aromatic carbocycles. The number of carbonyl (C=O) groups is 1. The maximum atomic E-state index is 13.0. The molecule has 0 aromatic rings. The van der Waals surface area contributed by atoms with Crippen molar-refractivity contribution < 1.29 is 17.9 Å². The zero-order valence-corrected chi connectivity index (χ0v) is 15.6. The molecule has 1 heterocycles. The van der Waals surface area contributed by atoms with Crippen LogP contribution in [0, 0.1) is 5.41 Å². The first kappa shape index (κ1) is 18.1. The van der Waals surface area contributed by atoms with Gasteiger partial charge in [-0.15, -0.1) is 0 Å². The van der Waals surface area contributed by atoms with E-state index in [0.29, 0.717) is 32.5 Å². The fourth-order valence-electron chi connectivity index (χ4n) is 4.98. The molecule has 7 heteroatoms. The Morgan fingerprint density at radius 1 is 1.21 bits per heavy atom. The van der Waals surface area contributed by atoms with E-state index in [1.165, 1.54) is 6.26 Å². The number of hydrogen-bond donors (Lipinski definition) is 2. The van der Waals surface area contributed by atoms with Crippen LogP contribution >= 0.6 is 0 Å². The van der Waals surface area contributed by atoms with Crippen molar-refractivity contribution in [3.63, 3.8) is 0 Å². The Balaban J connectivity index is 1.76. The van der Waals surface area contributed by atoms with E-state index >= 15 is 0 Å². The second kappa shape index (κ2) is 6.57. The minimum Gasteiger partial charge on any atom is -0.378 e. The fourth-order valence-corrected chi connectivity index (χ4v) is 6.32. The monoisotopic (exact) mass is 358 g/mol. The highest BCUT2D eigenvalue weighted by Gasteiger charge is 2.59. The first-order valence-electron chi connectivity index (χ1n) is 9.19. The summed E-state index contributed by atoms with van der Waals surface area (Å²) in [5.74, 6) is -0.294. The maximum absolute atomic E-state index is 13.0. The summed E-state index contributed by atoms with van der Waals surface area (Å²) in [5, 5.41) is 6.28. The molecular weight excluding hydrogens is 328 g/mol. The van der Waals surface area contributed by atoms with Crippen LogP contribution in [0.3, 0.4) is 0 Å². The van der Waals surface area contributed by atoms with Crippen LogP contribution in [0.4, 0.5) is 0 Å². The number of sulfone groups is 1. The van der Waals surface area contributed by atoms with Gasteiger partial charge in [0, 0.05) is 24.3 Å². The third-order valence-corrected chi connectivity index (χ3v) is 8.54. The molecule has 0 radical (unpaired) electrons. The molecule has 138 valence electrons. The zero-order chi connectivity index (χ0) is 17.4. The summed E-state index contributed by atoms with van der Waals surface area (Å²) in [7, 11) is -3.46. The van der Waals surface area contributed by atoms with Gasteiger partial charge < -0.3 is 15.4 Å². The maximum Gasteiger partial charge on any atom is 0.241 e. The van der Waals surface area contributed by atoms with Gasteiger partial charge in [0.15, 0.2) is 14.6 Å². The molecule has 1 spiro atoms. The van der Waals surface area contributed by atoms with Crippen molar-refractivity contribution in [2.75, 3.05) is 26.0 Å². The number of carbonyl (C=O) groups excluding carboxylic acids is 1. The average Bonchev–Trinajstić information content (AvgIpc) is 3.06. The van der Waals surface area contributed by atoms with Crippen LogP contribution in [0.25, 0.3) is 0 Å². The highest BCUT2D eigenvalue weighted by molar-refractivity contribution is 7.92. The normalized spacial score (nSPS) is 31.6. The van der Waals surface area contributed by atoms with Crippen molar-refractivity contribution in [1.29, 1.82) is 0 Å². The summed E-state index contributed by atoms with van der Waals surface area (Å²) in [6.07, 6.45) is 7.38. The van der Waals surface area contributed by atoms with E-state index in [0.717, 1.165) is 32.1 Å². The molecule has 2 N–H and O–H groups in total. The van der Waals surface area contributed by atoms with E-state index in [1.54, 1.807) is 0 Å². The topological polar surface area (TPSA) is 84.5 Å². The Bertz CT molecular complexity index is 577. The van der Waals surface area contributed by atoms with Gasteiger partial charge in [0.1, 0.15) is 0 Å². The summed E-state index contributed by atoms with van der Waals surface area (Å²) in [6, 6.07) is 0.0533. The third-order valence-electron chi connectivity index (χ3n) is 6.53. The van der Waals surface area contributed by atoms with Gasteiger partial charge >= 0.3 is 0 Å². The summed E-state index contributed by atoms with van der Waals surface area (Å²) >= 11 is 0. The Hall–Kier alpha value is -0.660. The summed E-state index contributed by atoms with van der Waals surface area (Å²) in [5.41, 5.74) is 0.0251. The van der Waals surface area contributed by atoms with Crippen LogP contribution in [-0.4, -0.2) is 57.2 Å². The van der Waals surface area contributed by atoms with Gasteiger partial charge in [-0.2, -0.15) is 0 Å². The number of hydrogen-bond acceptors (Lipinski definition) is 5. The van der Waals surface area contributed by atoms with Crippen molar-refractivity contribution >= 4 is 15.7 Å². The largest absolute Gasteiger partial charge is 0.378 e. The zero-order valence-electron chi connectivity index (χ0n) is 14.8. The minimum atomic E-state index is -3.46. The molecule has 1 saturated heterocycles. The molecule has 2 unspecified atom stereocenters. The van der Waals surface area contributed by atoms with Crippen molar-refractivity contribution in [3.8, 4) is 0 Å². The minimum absolute atomic E-state index is 0.0251. The van der Waals surface area contributed by atoms with Crippen molar-refractivity contribution in [2.24, 2.45) is 5.41 Å². The second-order valence-electron chi connectivity index (χ2n) is 7.66. The molecule has 0 bridgehead atoms. The van der Waals surface area contributed by atoms with Crippen LogP contribution in [0.15, 0.2) is 0 Å². The van der Waals surface area contributed by atoms with Crippen LogP contribution in [0.5, 0.6) is 0 Å². The lowest BCUT2D eigenvalue weighted by Crippen LogP contribution is -2.67. The number of ether oxygens (including phenoxy) is 1. The number of piperidine rings is 1. The molecule has 24 heavy (non-hydrogen) atoms. The van der Waals surface area contributed by atoms with Gasteiger partial charge in [-0.1, -0.05) is 12.8 Å². The van der Waals surface area contributed by atoms with Crippen LogP contribution in [0.2, 0.25) is 0 Å². The van der Waals surface area contributed by atoms with Gasteiger partial charge in [0.2, 0.25) is 5.91 Å². The molecule has 1 aliphatic heterocycles. The molecule has 1 amide bonds.